The summed E-state index contributed by atoms with van der Waals surface area (Å²) >= 11 is 0. The Morgan fingerprint density at radius 3 is 2.08 bits per heavy atom. The molecule has 0 aromatic heterocycles. The summed E-state index contributed by atoms with van der Waals surface area (Å²) in [6, 6.07) is 7.80. The van der Waals surface area contributed by atoms with Crippen molar-refractivity contribution in [3.63, 3.8) is 0 Å². The standard InChI is InChI=1S/C24H37N5O4.C4H10/c1-16(2)13-20(23(26)32)29-22(31)15-27-24(33)19(11-7-8-12-25)28-21(30)14-17(3)18-9-5-4-6-10-18;1-3-4-2/h4-6,9-10,14,16,19-20H,7-8,11-13,15,25H2,1-3H3,(H2,26,32)(H,27,33)(H,28,30)(H,29,31);3-4H2,1-2H3/b17-14+;/t19-,20-;/m0./s1. The Hall–Kier alpha value is -3.20. The molecule has 208 valence electrons. The van der Waals surface area contributed by atoms with Gasteiger partial charge in [0, 0.05) is 6.08 Å². The summed E-state index contributed by atoms with van der Waals surface area (Å²) in [5.41, 5.74) is 12.5. The van der Waals surface area contributed by atoms with Crippen LogP contribution in [0.15, 0.2) is 36.4 Å². The van der Waals surface area contributed by atoms with Gasteiger partial charge in [-0.25, -0.2) is 0 Å². The van der Waals surface area contributed by atoms with Gasteiger partial charge in [-0.1, -0.05) is 70.9 Å². The maximum Gasteiger partial charge on any atom is 0.244 e. The highest BCUT2D eigenvalue weighted by Crippen LogP contribution is 2.12. The van der Waals surface area contributed by atoms with Gasteiger partial charge in [-0.2, -0.15) is 0 Å². The van der Waals surface area contributed by atoms with Crippen LogP contribution in [0.5, 0.6) is 0 Å². The zero-order chi connectivity index (χ0) is 28.2. The molecule has 9 nitrogen and oxygen atoms in total. The number of carbonyl (C=O) groups is 4. The molecule has 4 amide bonds. The van der Waals surface area contributed by atoms with E-state index in [1.165, 1.54) is 18.9 Å². The molecule has 0 bridgehead atoms. The van der Waals surface area contributed by atoms with Crippen LogP contribution in [-0.4, -0.2) is 48.8 Å². The lowest BCUT2D eigenvalue weighted by molar-refractivity contribution is -0.130. The highest BCUT2D eigenvalue weighted by Gasteiger charge is 2.22. The highest BCUT2D eigenvalue weighted by atomic mass is 16.2. The Morgan fingerprint density at radius 1 is 0.946 bits per heavy atom. The summed E-state index contributed by atoms with van der Waals surface area (Å²) in [6.45, 7) is 10.1. The number of unbranched alkanes of at least 4 members (excludes halogenated alkanes) is 2. The van der Waals surface area contributed by atoms with Gasteiger partial charge in [-0.15, -0.1) is 0 Å². The van der Waals surface area contributed by atoms with Crippen molar-refractivity contribution in [2.75, 3.05) is 13.1 Å². The fourth-order valence-corrected chi connectivity index (χ4v) is 3.21. The van der Waals surface area contributed by atoms with Gasteiger partial charge in [0.1, 0.15) is 12.1 Å². The smallest absolute Gasteiger partial charge is 0.244 e. The largest absolute Gasteiger partial charge is 0.368 e. The van der Waals surface area contributed by atoms with Crippen molar-refractivity contribution in [2.45, 2.75) is 85.2 Å². The maximum atomic E-state index is 12.7. The highest BCUT2D eigenvalue weighted by molar-refractivity contribution is 5.98. The van der Waals surface area contributed by atoms with Crippen LogP contribution in [0.4, 0.5) is 0 Å². The van der Waals surface area contributed by atoms with Crippen LogP contribution in [0.25, 0.3) is 5.57 Å². The maximum absolute atomic E-state index is 12.7. The number of rotatable bonds is 15. The number of amides is 4. The molecule has 37 heavy (non-hydrogen) atoms. The first-order chi connectivity index (χ1) is 17.5. The number of hydrogen-bond donors (Lipinski definition) is 5. The number of nitrogens with one attached hydrogen (secondary N) is 3. The predicted molar refractivity (Wildman–Crippen MR) is 149 cm³/mol. The first-order valence-electron chi connectivity index (χ1n) is 13.2. The molecule has 0 unspecified atom stereocenters. The first-order valence-corrected chi connectivity index (χ1v) is 13.2. The molecule has 0 aliphatic carbocycles. The number of carbonyl (C=O) groups excluding carboxylic acids is 4. The second kappa shape index (κ2) is 19.9. The summed E-state index contributed by atoms with van der Waals surface area (Å²) in [5, 5.41) is 7.78. The van der Waals surface area contributed by atoms with E-state index in [9.17, 15) is 19.2 Å². The first kappa shape index (κ1) is 33.8. The van der Waals surface area contributed by atoms with Gasteiger partial charge in [0.2, 0.25) is 23.6 Å². The number of nitrogens with two attached hydrogens (primary N) is 2. The van der Waals surface area contributed by atoms with Gasteiger partial charge in [0.05, 0.1) is 6.54 Å². The summed E-state index contributed by atoms with van der Waals surface area (Å²) in [6.07, 6.45) is 6.20. The zero-order valence-corrected chi connectivity index (χ0v) is 23.1. The minimum atomic E-state index is -0.820. The molecule has 0 radical (unpaired) electrons. The Labute approximate surface area is 222 Å². The summed E-state index contributed by atoms with van der Waals surface area (Å²) in [7, 11) is 0. The quantitative estimate of drug-likeness (QED) is 0.179. The van der Waals surface area contributed by atoms with E-state index < -0.39 is 35.7 Å². The van der Waals surface area contributed by atoms with E-state index in [1.54, 1.807) is 0 Å². The van der Waals surface area contributed by atoms with E-state index >= 15 is 0 Å². The minimum Gasteiger partial charge on any atom is -0.368 e. The molecule has 0 fully saturated rings. The Morgan fingerprint density at radius 2 is 1.57 bits per heavy atom. The van der Waals surface area contributed by atoms with E-state index in [-0.39, 0.29) is 12.5 Å². The number of primary amides is 1. The van der Waals surface area contributed by atoms with Crippen LogP contribution in [0, 0.1) is 5.92 Å². The van der Waals surface area contributed by atoms with Crippen LogP contribution in [-0.2, 0) is 19.2 Å². The van der Waals surface area contributed by atoms with Crippen molar-refractivity contribution in [3.8, 4) is 0 Å². The molecule has 0 aliphatic heterocycles. The molecule has 9 heteroatoms. The molecular weight excluding hydrogens is 470 g/mol. The predicted octanol–water partition coefficient (Wildman–Crippen LogP) is 2.64. The molecule has 0 saturated heterocycles. The van der Waals surface area contributed by atoms with Gasteiger partial charge in [0.25, 0.3) is 0 Å². The topological polar surface area (TPSA) is 156 Å². The van der Waals surface area contributed by atoms with E-state index in [4.69, 9.17) is 11.5 Å². The molecule has 1 aromatic rings. The molecule has 1 aromatic carbocycles. The van der Waals surface area contributed by atoms with Gasteiger partial charge in [-0.05, 0) is 56.2 Å². The lowest BCUT2D eigenvalue weighted by atomic mass is 10.0. The molecule has 2 atom stereocenters. The molecule has 0 heterocycles. The van der Waals surface area contributed by atoms with Crippen molar-refractivity contribution < 1.29 is 19.2 Å². The Balaban J connectivity index is 0.00000300. The van der Waals surface area contributed by atoms with Crippen LogP contribution in [0.2, 0.25) is 0 Å². The third kappa shape index (κ3) is 16.2. The van der Waals surface area contributed by atoms with E-state index in [1.807, 2.05) is 51.1 Å². The van der Waals surface area contributed by atoms with Crippen LogP contribution < -0.4 is 27.4 Å². The van der Waals surface area contributed by atoms with Gasteiger partial charge in [0.15, 0.2) is 0 Å². The second-order valence-electron chi connectivity index (χ2n) is 9.41. The molecule has 0 aliphatic rings. The number of allylic oxidation sites excluding steroid dienone is 1. The van der Waals surface area contributed by atoms with E-state index in [2.05, 4.69) is 29.8 Å². The lowest BCUT2D eigenvalue weighted by Crippen LogP contribution is -2.51. The van der Waals surface area contributed by atoms with E-state index in [0.29, 0.717) is 32.2 Å². The molecule has 0 spiro atoms. The molecule has 0 saturated carbocycles. The number of benzene rings is 1. The molecule has 1 rings (SSSR count). The van der Waals surface area contributed by atoms with Crippen LogP contribution in [0.3, 0.4) is 0 Å². The zero-order valence-electron chi connectivity index (χ0n) is 23.1. The average molecular weight is 518 g/mol. The van der Waals surface area contributed by atoms with Crippen LogP contribution >= 0.6 is 0 Å². The minimum absolute atomic E-state index is 0.159. The summed E-state index contributed by atoms with van der Waals surface area (Å²) in [4.78, 5) is 48.9. The van der Waals surface area contributed by atoms with Gasteiger partial charge in [-0.3, -0.25) is 19.2 Å². The normalized spacial score (nSPS) is 12.6. The second-order valence-corrected chi connectivity index (χ2v) is 9.41. The van der Waals surface area contributed by atoms with Crippen molar-refractivity contribution in [3.05, 3.63) is 42.0 Å². The van der Waals surface area contributed by atoms with Gasteiger partial charge >= 0.3 is 0 Å². The third-order valence-corrected chi connectivity index (χ3v) is 5.47. The molecular formula is C28H47N5O4. The average Bonchev–Trinajstić information content (AvgIpc) is 2.86. The fraction of sp³-hybridized carbons (Fsp3) is 0.571. The third-order valence-electron chi connectivity index (χ3n) is 5.47. The van der Waals surface area contributed by atoms with Crippen molar-refractivity contribution in [1.29, 1.82) is 0 Å². The number of hydrogen-bond acceptors (Lipinski definition) is 5. The van der Waals surface area contributed by atoms with Gasteiger partial charge < -0.3 is 27.4 Å². The Kier molecular flexibility index (Phi) is 18.2. The van der Waals surface area contributed by atoms with E-state index in [0.717, 1.165) is 11.1 Å². The fourth-order valence-electron chi connectivity index (χ4n) is 3.21. The SMILES string of the molecule is C/C(=C\C(=O)N[C@@H](CCCCN)C(=O)NCC(=O)N[C@@H](CC(C)C)C(N)=O)c1ccccc1.CCCC. The van der Waals surface area contributed by atoms with Crippen molar-refractivity contribution >= 4 is 29.2 Å². The van der Waals surface area contributed by atoms with Crippen molar-refractivity contribution in [2.24, 2.45) is 17.4 Å². The summed E-state index contributed by atoms with van der Waals surface area (Å²) in [5.74, 6) is -1.89. The molecule has 7 N–H and O–H groups in total. The van der Waals surface area contributed by atoms with Crippen molar-refractivity contribution in [1.82, 2.24) is 16.0 Å². The Bertz CT molecular complexity index is 853. The summed E-state index contributed by atoms with van der Waals surface area (Å²) < 4.78 is 0. The lowest BCUT2D eigenvalue weighted by Gasteiger charge is -2.20. The monoisotopic (exact) mass is 517 g/mol. The van der Waals surface area contributed by atoms with Crippen LogP contribution in [0.1, 0.15) is 78.7 Å².